The molecule has 2 N–H and O–H groups in total. The highest BCUT2D eigenvalue weighted by atomic mass is 19.1. The van der Waals surface area contributed by atoms with Gasteiger partial charge in [0, 0.05) is 55.2 Å². The Hall–Kier alpha value is -4.77. The summed E-state index contributed by atoms with van der Waals surface area (Å²) >= 11 is 0. The van der Waals surface area contributed by atoms with Gasteiger partial charge in [-0.2, -0.15) is 0 Å². The monoisotopic (exact) mass is 608 g/mol. The summed E-state index contributed by atoms with van der Waals surface area (Å²) in [5.41, 5.74) is 5.46. The zero-order valence-corrected chi connectivity index (χ0v) is 24.8. The van der Waals surface area contributed by atoms with Crippen molar-refractivity contribution in [3.05, 3.63) is 77.0 Å². The molecular weight excluding hydrogens is 575 g/mol. The van der Waals surface area contributed by atoms with Crippen LogP contribution < -0.4 is 9.64 Å². The van der Waals surface area contributed by atoms with Gasteiger partial charge >= 0.3 is 6.03 Å². The topological polar surface area (TPSA) is 115 Å². The van der Waals surface area contributed by atoms with Gasteiger partial charge in [0.05, 0.1) is 13.2 Å². The molecule has 0 unspecified atom stereocenters. The lowest BCUT2D eigenvalue weighted by Gasteiger charge is -2.37. The number of urea groups is 1. The molecule has 4 aromatic rings. The number of hydrogen-bond donors (Lipinski definition) is 2. The maximum Gasteiger partial charge on any atom is 0.320 e. The predicted octanol–water partition coefficient (Wildman–Crippen LogP) is 5.09. The Bertz CT molecular complexity index is 1880. The molecule has 2 fully saturated rings. The molecule has 230 valence electrons. The maximum absolute atomic E-state index is 15.4. The van der Waals surface area contributed by atoms with Crippen LogP contribution in [0.1, 0.15) is 58.8 Å². The second kappa shape index (κ2) is 11.0. The number of aromatic amines is 1. The van der Waals surface area contributed by atoms with Crippen LogP contribution in [0.5, 0.6) is 5.75 Å². The zero-order chi connectivity index (χ0) is 30.7. The number of pyridine rings is 2. The second-order valence-corrected chi connectivity index (χ2v) is 12.1. The number of carbonyl (C=O) groups is 2. The number of carbonyl (C=O) groups excluding carboxylic acids is 2. The van der Waals surface area contributed by atoms with Crippen LogP contribution in [0.3, 0.4) is 0 Å². The molecule has 1 aliphatic carbocycles. The number of fused-ring (bicyclic) bond motifs is 2. The summed E-state index contributed by atoms with van der Waals surface area (Å²) in [5, 5.41) is 11.5. The number of ether oxygens (including phenoxy) is 1. The highest BCUT2D eigenvalue weighted by Crippen LogP contribution is 2.43. The number of likely N-dealkylation sites (tertiary alicyclic amines) is 1. The number of anilines is 1. The maximum atomic E-state index is 15.4. The Morgan fingerprint density at radius 3 is 2.60 bits per heavy atom. The van der Waals surface area contributed by atoms with E-state index < -0.39 is 11.7 Å². The van der Waals surface area contributed by atoms with Crippen LogP contribution in [0.25, 0.3) is 27.7 Å². The molecule has 1 saturated heterocycles. The fraction of sp³-hybridized carbons (Fsp3) is 0.353. The molecule has 4 aliphatic rings. The number of benzene rings is 1. The average molecular weight is 609 g/mol. The predicted molar refractivity (Wildman–Crippen MR) is 167 cm³/mol. The summed E-state index contributed by atoms with van der Waals surface area (Å²) in [6.07, 6.45) is 9.21. The third-order valence-electron chi connectivity index (χ3n) is 9.38. The van der Waals surface area contributed by atoms with Gasteiger partial charge in [-0.1, -0.05) is 6.08 Å². The van der Waals surface area contributed by atoms with Gasteiger partial charge in [-0.05, 0) is 84.2 Å². The Morgan fingerprint density at radius 2 is 1.87 bits per heavy atom. The Kier molecular flexibility index (Phi) is 6.78. The Morgan fingerprint density at radius 1 is 1.04 bits per heavy atom. The molecule has 3 aliphatic heterocycles. The van der Waals surface area contributed by atoms with Crippen molar-refractivity contribution in [2.24, 2.45) is 0 Å². The third kappa shape index (κ3) is 4.82. The largest absolute Gasteiger partial charge is 0.491 e. The average Bonchev–Trinajstić information content (AvgIpc) is 3.81. The molecule has 8 rings (SSSR count). The number of aromatic nitrogens is 3. The number of aliphatic hydroxyl groups is 1. The summed E-state index contributed by atoms with van der Waals surface area (Å²) < 4.78 is 21.3. The van der Waals surface area contributed by atoms with E-state index in [1.54, 1.807) is 18.5 Å². The lowest BCUT2D eigenvalue weighted by Crippen LogP contribution is -2.50. The second-order valence-electron chi connectivity index (χ2n) is 12.1. The zero-order valence-electron chi connectivity index (χ0n) is 24.8. The van der Waals surface area contributed by atoms with E-state index in [2.05, 4.69) is 21.0 Å². The van der Waals surface area contributed by atoms with Gasteiger partial charge in [-0.25, -0.2) is 19.2 Å². The van der Waals surface area contributed by atoms with E-state index in [0.29, 0.717) is 35.8 Å². The molecule has 6 heterocycles. The van der Waals surface area contributed by atoms with Crippen molar-refractivity contribution in [2.75, 3.05) is 44.2 Å². The number of H-pyrrole nitrogens is 1. The first-order chi connectivity index (χ1) is 22.0. The van der Waals surface area contributed by atoms with Crippen LogP contribution in [0.15, 0.2) is 48.8 Å². The van der Waals surface area contributed by atoms with Gasteiger partial charge in [0.25, 0.3) is 5.91 Å². The Labute approximate surface area is 259 Å². The van der Waals surface area contributed by atoms with E-state index >= 15 is 4.39 Å². The lowest BCUT2D eigenvalue weighted by atomic mass is 9.98. The first kappa shape index (κ1) is 27.8. The minimum atomic E-state index is -0.603. The van der Waals surface area contributed by atoms with Crippen LogP contribution in [0.2, 0.25) is 0 Å². The molecule has 0 radical (unpaired) electrons. The minimum Gasteiger partial charge on any atom is -0.491 e. The van der Waals surface area contributed by atoms with Gasteiger partial charge in [0.15, 0.2) is 0 Å². The third-order valence-corrected chi connectivity index (χ3v) is 9.38. The van der Waals surface area contributed by atoms with Gasteiger partial charge < -0.3 is 24.6 Å². The van der Waals surface area contributed by atoms with Gasteiger partial charge in [-0.15, -0.1) is 0 Å². The van der Waals surface area contributed by atoms with Crippen molar-refractivity contribution < 1.29 is 23.8 Å². The number of amides is 3. The summed E-state index contributed by atoms with van der Waals surface area (Å²) in [6.45, 7) is 2.81. The molecule has 3 amide bonds. The molecule has 3 aromatic heterocycles. The SMILES string of the molecule is O=C(N1CC=C(c2cc3c(-c4ccnc(N5CCOc6cc(C7CC7)cc(F)c6C5=O)c4CO)ccnc3[nH]2)CC1)N1CCC1. The number of rotatable bonds is 5. The molecule has 0 spiro atoms. The fourth-order valence-corrected chi connectivity index (χ4v) is 6.61. The molecule has 1 saturated carbocycles. The number of aliphatic hydroxyl groups excluding tert-OH is 1. The first-order valence-electron chi connectivity index (χ1n) is 15.6. The quantitative estimate of drug-likeness (QED) is 0.326. The van der Waals surface area contributed by atoms with E-state index in [9.17, 15) is 14.7 Å². The molecule has 0 atom stereocenters. The number of nitrogens with one attached hydrogen (secondary N) is 1. The van der Waals surface area contributed by atoms with E-state index in [4.69, 9.17) is 4.74 Å². The number of halogens is 1. The van der Waals surface area contributed by atoms with Crippen LogP contribution in [0, 0.1) is 5.82 Å². The summed E-state index contributed by atoms with van der Waals surface area (Å²) in [7, 11) is 0. The van der Waals surface area contributed by atoms with E-state index in [1.807, 2.05) is 28.0 Å². The van der Waals surface area contributed by atoms with E-state index in [1.165, 1.54) is 11.0 Å². The molecule has 45 heavy (non-hydrogen) atoms. The summed E-state index contributed by atoms with van der Waals surface area (Å²) in [6, 6.07) is 9.07. The summed E-state index contributed by atoms with van der Waals surface area (Å²) in [5.74, 6) is -0.307. The molecule has 1 aromatic carbocycles. The van der Waals surface area contributed by atoms with Crippen molar-refractivity contribution in [3.8, 4) is 16.9 Å². The molecule has 10 nitrogen and oxygen atoms in total. The van der Waals surface area contributed by atoms with Crippen molar-refractivity contribution in [1.82, 2.24) is 24.8 Å². The highest BCUT2D eigenvalue weighted by molar-refractivity contribution is 6.09. The van der Waals surface area contributed by atoms with E-state index in [0.717, 1.165) is 66.6 Å². The lowest BCUT2D eigenvalue weighted by molar-refractivity contribution is 0.0984. The van der Waals surface area contributed by atoms with Gasteiger partial charge in [0.2, 0.25) is 0 Å². The van der Waals surface area contributed by atoms with Crippen LogP contribution in [0.4, 0.5) is 15.0 Å². The minimum absolute atomic E-state index is 0.103. The van der Waals surface area contributed by atoms with Crippen LogP contribution in [-0.4, -0.2) is 81.1 Å². The van der Waals surface area contributed by atoms with Crippen molar-refractivity contribution >= 4 is 34.4 Å². The first-order valence-corrected chi connectivity index (χ1v) is 15.6. The van der Waals surface area contributed by atoms with Crippen molar-refractivity contribution in [1.29, 1.82) is 0 Å². The molecular formula is C34H33FN6O4. The number of nitrogens with zero attached hydrogens (tertiary/aromatic N) is 5. The van der Waals surface area contributed by atoms with Crippen LogP contribution in [-0.2, 0) is 6.61 Å². The normalized spacial score (nSPS) is 18.3. The van der Waals surface area contributed by atoms with Crippen LogP contribution >= 0.6 is 0 Å². The van der Waals surface area contributed by atoms with Crippen molar-refractivity contribution in [2.45, 2.75) is 38.2 Å². The van der Waals surface area contributed by atoms with E-state index in [-0.39, 0.29) is 42.9 Å². The highest BCUT2D eigenvalue weighted by Gasteiger charge is 2.34. The van der Waals surface area contributed by atoms with Crippen molar-refractivity contribution in [3.63, 3.8) is 0 Å². The number of hydrogen-bond acceptors (Lipinski definition) is 6. The standard InChI is InChI=1S/C34H33FN6O4/c35-27-16-22(20-2-3-20)17-29-30(27)33(43)41(14-15-45-29)32-26(19-42)24(5-9-37-32)23-4-8-36-31-25(23)18-28(38-31)21-6-12-40(13-7-21)34(44)39-10-1-11-39/h4-6,8-9,16-18,20,42H,1-3,7,10-15,19H2,(H,36,38). The smallest absolute Gasteiger partial charge is 0.320 e. The van der Waals surface area contributed by atoms with Gasteiger partial charge in [0.1, 0.15) is 35.2 Å². The fourth-order valence-electron chi connectivity index (χ4n) is 6.61. The molecule has 0 bridgehead atoms. The van der Waals surface area contributed by atoms with Gasteiger partial charge in [-0.3, -0.25) is 9.69 Å². The Balaban J connectivity index is 1.13. The molecule has 11 heteroatoms. The summed E-state index contributed by atoms with van der Waals surface area (Å²) in [4.78, 5) is 44.2.